The van der Waals surface area contributed by atoms with Gasteiger partial charge in [0.05, 0.1) is 0 Å². The first-order valence-corrected chi connectivity index (χ1v) is 3.84. The lowest BCUT2D eigenvalue weighted by Gasteiger charge is -1.88. The number of hydrogen-bond acceptors (Lipinski definition) is 2. The number of nitrogens with one attached hydrogen (secondary N) is 1. The molecule has 0 aliphatic heterocycles. The maximum Gasteiger partial charge on any atom is 0.173 e. The summed E-state index contributed by atoms with van der Waals surface area (Å²) >= 11 is 0. The fraction of sp³-hybridized carbons (Fsp3) is 0.222. The van der Waals surface area contributed by atoms with Crippen molar-refractivity contribution in [2.45, 2.75) is 13.8 Å². The number of aromatic nitrogens is 2. The van der Waals surface area contributed by atoms with Crippen molar-refractivity contribution in [1.29, 1.82) is 0 Å². The van der Waals surface area contributed by atoms with Gasteiger partial charge in [0.15, 0.2) is 11.6 Å². The highest BCUT2D eigenvalue weighted by atomic mass is 16.3. The highest BCUT2D eigenvalue weighted by molar-refractivity contribution is 5.47. The van der Waals surface area contributed by atoms with Crippen LogP contribution in [0.2, 0.25) is 0 Å². The Morgan fingerprint density at radius 1 is 1.33 bits per heavy atom. The summed E-state index contributed by atoms with van der Waals surface area (Å²) in [5.41, 5.74) is 1.04. The van der Waals surface area contributed by atoms with Crippen LogP contribution in [0.3, 0.4) is 0 Å². The Morgan fingerprint density at radius 3 is 2.67 bits per heavy atom. The summed E-state index contributed by atoms with van der Waals surface area (Å²) in [6.07, 6.45) is 1.78. The molecular weight excluding hydrogens is 152 g/mol. The average molecular weight is 162 g/mol. The number of aromatic amines is 1. The third-order valence-electron chi connectivity index (χ3n) is 1.68. The molecule has 0 amide bonds. The van der Waals surface area contributed by atoms with Crippen molar-refractivity contribution < 1.29 is 4.42 Å². The molecule has 0 aliphatic rings. The smallest absolute Gasteiger partial charge is 0.173 e. The first kappa shape index (κ1) is 7.16. The zero-order valence-corrected chi connectivity index (χ0v) is 7.09. The molecule has 12 heavy (non-hydrogen) atoms. The first-order valence-electron chi connectivity index (χ1n) is 3.84. The summed E-state index contributed by atoms with van der Waals surface area (Å²) in [5.74, 6) is 2.49. The predicted molar refractivity (Wildman–Crippen MR) is 45.8 cm³/mol. The number of nitrogens with zero attached hydrogens (tertiary/aromatic N) is 1. The van der Waals surface area contributed by atoms with Crippen LogP contribution in [-0.4, -0.2) is 9.97 Å². The van der Waals surface area contributed by atoms with Gasteiger partial charge < -0.3 is 9.40 Å². The lowest BCUT2D eigenvalue weighted by atomic mass is 10.4. The van der Waals surface area contributed by atoms with E-state index >= 15 is 0 Å². The number of rotatable bonds is 1. The number of H-pyrrole nitrogens is 1. The monoisotopic (exact) mass is 162 g/mol. The summed E-state index contributed by atoms with van der Waals surface area (Å²) in [5, 5.41) is 0. The van der Waals surface area contributed by atoms with Gasteiger partial charge in [-0.3, -0.25) is 0 Å². The molecule has 0 aliphatic carbocycles. The van der Waals surface area contributed by atoms with Crippen LogP contribution in [0.4, 0.5) is 0 Å². The molecule has 3 heteroatoms. The van der Waals surface area contributed by atoms with Gasteiger partial charge in [-0.1, -0.05) is 0 Å². The van der Waals surface area contributed by atoms with Crippen molar-refractivity contribution in [1.82, 2.24) is 9.97 Å². The second-order valence-corrected chi connectivity index (χ2v) is 2.83. The third kappa shape index (κ3) is 1.13. The van der Waals surface area contributed by atoms with E-state index in [0.717, 1.165) is 23.0 Å². The Kier molecular flexibility index (Phi) is 1.50. The molecule has 2 rings (SSSR count). The van der Waals surface area contributed by atoms with Gasteiger partial charge in [-0.05, 0) is 26.0 Å². The number of hydrogen-bond donors (Lipinski definition) is 1. The second-order valence-electron chi connectivity index (χ2n) is 2.83. The van der Waals surface area contributed by atoms with Gasteiger partial charge in [-0.15, -0.1) is 0 Å². The normalized spacial score (nSPS) is 10.5. The molecule has 62 valence electrons. The summed E-state index contributed by atoms with van der Waals surface area (Å²) < 4.78 is 5.39. The predicted octanol–water partition coefficient (Wildman–Crippen LogP) is 2.29. The third-order valence-corrected chi connectivity index (χ3v) is 1.68. The highest BCUT2D eigenvalue weighted by Gasteiger charge is 2.04. The summed E-state index contributed by atoms with van der Waals surface area (Å²) in [7, 11) is 0. The Morgan fingerprint density at radius 2 is 2.17 bits per heavy atom. The van der Waals surface area contributed by atoms with E-state index in [2.05, 4.69) is 9.97 Å². The molecule has 0 saturated carbocycles. The molecule has 0 saturated heterocycles. The molecule has 2 aromatic rings. The van der Waals surface area contributed by atoms with Gasteiger partial charge in [0.2, 0.25) is 0 Å². The van der Waals surface area contributed by atoms with E-state index in [1.54, 1.807) is 6.20 Å². The van der Waals surface area contributed by atoms with Crippen LogP contribution in [0.15, 0.2) is 22.7 Å². The average Bonchev–Trinajstić information content (AvgIpc) is 2.58. The van der Waals surface area contributed by atoms with Crippen molar-refractivity contribution in [3.63, 3.8) is 0 Å². The molecule has 2 heterocycles. The topological polar surface area (TPSA) is 41.8 Å². The Hall–Kier alpha value is -1.51. The molecule has 0 aromatic carbocycles. The van der Waals surface area contributed by atoms with E-state index in [1.165, 1.54) is 0 Å². The summed E-state index contributed by atoms with van der Waals surface area (Å²) in [6.45, 7) is 3.88. The SMILES string of the molecule is Cc1cnc(-c2ccc(C)o2)[nH]1. The quantitative estimate of drug-likeness (QED) is 0.699. The van der Waals surface area contributed by atoms with Gasteiger partial charge in [0, 0.05) is 11.9 Å². The second kappa shape index (κ2) is 2.52. The van der Waals surface area contributed by atoms with Gasteiger partial charge in [0.25, 0.3) is 0 Å². The zero-order valence-electron chi connectivity index (χ0n) is 7.09. The molecule has 0 atom stereocenters. The van der Waals surface area contributed by atoms with Crippen molar-refractivity contribution in [2.75, 3.05) is 0 Å². The summed E-state index contributed by atoms with van der Waals surface area (Å²) in [6, 6.07) is 3.83. The highest BCUT2D eigenvalue weighted by Crippen LogP contribution is 2.17. The van der Waals surface area contributed by atoms with E-state index in [9.17, 15) is 0 Å². The zero-order chi connectivity index (χ0) is 8.55. The van der Waals surface area contributed by atoms with Crippen LogP contribution >= 0.6 is 0 Å². The van der Waals surface area contributed by atoms with Crippen LogP contribution in [0.1, 0.15) is 11.5 Å². The number of aryl methyl sites for hydroxylation is 2. The van der Waals surface area contributed by atoms with Gasteiger partial charge in [0.1, 0.15) is 5.76 Å². The van der Waals surface area contributed by atoms with Crippen molar-refractivity contribution in [3.8, 4) is 11.6 Å². The lowest BCUT2D eigenvalue weighted by molar-refractivity contribution is 0.544. The molecule has 0 spiro atoms. The fourth-order valence-electron chi connectivity index (χ4n) is 1.10. The Bertz CT molecular complexity index is 348. The van der Waals surface area contributed by atoms with Crippen LogP contribution in [0.25, 0.3) is 11.6 Å². The van der Waals surface area contributed by atoms with Crippen LogP contribution in [0.5, 0.6) is 0 Å². The van der Waals surface area contributed by atoms with Crippen molar-refractivity contribution >= 4 is 0 Å². The summed E-state index contributed by atoms with van der Waals surface area (Å²) in [4.78, 5) is 7.25. The molecule has 1 N–H and O–H groups in total. The molecule has 0 unspecified atom stereocenters. The van der Waals surface area contributed by atoms with E-state index in [-0.39, 0.29) is 0 Å². The largest absolute Gasteiger partial charge is 0.458 e. The molecule has 0 bridgehead atoms. The van der Waals surface area contributed by atoms with E-state index < -0.39 is 0 Å². The molecular formula is C9H10N2O. The van der Waals surface area contributed by atoms with E-state index in [0.29, 0.717) is 0 Å². The van der Waals surface area contributed by atoms with Crippen molar-refractivity contribution in [3.05, 3.63) is 29.8 Å². The first-order chi connectivity index (χ1) is 5.75. The minimum absolute atomic E-state index is 0.792. The fourth-order valence-corrected chi connectivity index (χ4v) is 1.10. The molecule has 0 radical (unpaired) electrons. The minimum Gasteiger partial charge on any atom is -0.458 e. The van der Waals surface area contributed by atoms with Crippen LogP contribution < -0.4 is 0 Å². The van der Waals surface area contributed by atoms with Crippen LogP contribution in [0, 0.1) is 13.8 Å². The van der Waals surface area contributed by atoms with E-state index in [4.69, 9.17) is 4.42 Å². The number of imidazole rings is 1. The van der Waals surface area contributed by atoms with Gasteiger partial charge >= 0.3 is 0 Å². The van der Waals surface area contributed by atoms with Crippen LogP contribution in [-0.2, 0) is 0 Å². The number of furan rings is 1. The minimum atomic E-state index is 0.792. The van der Waals surface area contributed by atoms with E-state index in [1.807, 2.05) is 26.0 Å². The molecule has 0 fully saturated rings. The van der Waals surface area contributed by atoms with Gasteiger partial charge in [-0.25, -0.2) is 4.98 Å². The Balaban J connectivity index is 2.43. The Labute approximate surface area is 70.4 Å². The van der Waals surface area contributed by atoms with Crippen molar-refractivity contribution in [2.24, 2.45) is 0 Å². The van der Waals surface area contributed by atoms with Gasteiger partial charge in [-0.2, -0.15) is 0 Å². The maximum absolute atomic E-state index is 5.39. The lowest BCUT2D eigenvalue weighted by Crippen LogP contribution is -1.75. The molecule has 3 nitrogen and oxygen atoms in total. The standard InChI is InChI=1S/C9H10N2O/c1-6-5-10-9(11-6)8-4-3-7(2)12-8/h3-5H,1-2H3,(H,10,11). The maximum atomic E-state index is 5.39. The molecule has 2 aromatic heterocycles.